The summed E-state index contributed by atoms with van der Waals surface area (Å²) in [4.78, 5) is 44.9. The second-order valence-electron chi connectivity index (χ2n) is 19.0. The van der Waals surface area contributed by atoms with Crippen LogP contribution in [0.25, 0.3) is 129 Å². The van der Waals surface area contributed by atoms with E-state index < -0.39 is 0 Å². The molecule has 0 amide bonds. The van der Waals surface area contributed by atoms with E-state index >= 15 is 0 Å². The zero-order valence-electron chi connectivity index (χ0n) is 39.9. The van der Waals surface area contributed by atoms with Gasteiger partial charge in [-0.3, -0.25) is 19.2 Å². The van der Waals surface area contributed by atoms with E-state index in [2.05, 4.69) is 173 Å². The molecule has 16 aromatic rings. The summed E-state index contributed by atoms with van der Waals surface area (Å²) < 4.78 is 4.63. The first-order valence-electron chi connectivity index (χ1n) is 24.4. The molecular weight excluding hydrogens is 1200 g/mol. The highest BCUT2D eigenvalue weighted by atomic mass is 79.9. The fraction of sp³-hybridized carbons (Fsp3) is 0. The van der Waals surface area contributed by atoms with Gasteiger partial charge in [0.05, 0.1) is 0 Å². The Kier molecular flexibility index (Phi) is 12.1. The Morgan fingerprint density at radius 3 is 0.553 bits per heavy atom. The molecule has 0 saturated carbocycles. The third kappa shape index (κ3) is 7.64. The summed E-state index contributed by atoms with van der Waals surface area (Å²) in [6.45, 7) is 0. The zero-order valence-corrected chi connectivity index (χ0v) is 46.3. The molecule has 0 aliphatic rings. The Bertz CT molecular complexity index is 4510. The van der Waals surface area contributed by atoms with Crippen LogP contribution in [0.15, 0.2) is 212 Å². The van der Waals surface area contributed by atoms with Crippen molar-refractivity contribution in [1.29, 1.82) is 0 Å². The van der Waals surface area contributed by atoms with Crippen molar-refractivity contribution in [2.45, 2.75) is 0 Å². The first-order chi connectivity index (χ1) is 37.2. The van der Waals surface area contributed by atoms with Gasteiger partial charge in [0.25, 0.3) is 0 Å². The van der Waals surface area contributed by atoms with Crippen LogP contribution in [0.4, 0.5) is 0 Å². The number of halogens is 4. The van der Waals surface area contributed by atoms with Gasteiger partial charge in [-0.05, 0) is 154 Å². The van der Waals surface area contributed by atoms with E-state index in [1.54, 1.807) is 0 Å². The lowest BCUT2D eigenvalue weighted by atomic mass is 9.90. The van der Waals surface area contributed by atoms with Crippen molar-refractivity contribution in [1.82, 2.24) is 0 Å². The lowest BCUT2D eigenvalue weighted by Gasteiger charge is -2.12. The summed E-state index contributed by atoms with van der Waals surface area (Å²) in [6, 6.07) is 65.9. The van der Waals surface area contributed by atoms with Crippen molar-refractivity contribution < 1.29 is 19.2 Å². The summed E-state index contributed by atoms with van der Waals surface area (Å²) in [5.41, 5.74) is 2.73. The standard InChI is InChI=1S/2C18H10O2.2C16H8Br2/c19-9-13-3-1-11-5-7-16-14(10-20)4-2-12-6-8-15(13)17(11)18(12)16;19-9-13-5-3-11-1-2-12-4-6-14(10-20)16-8-7-15(13)17(11)18(12)16;17-13-8-4-10-2-6-12-14(18)7-3-9-1-5-11(13)16(10)15(9)12;17-13-7-3-9-1-2-10-4-8-14(18)12-6-5-11(13)15(9)16(10)12/h2*1-10H;2*1-8H. The summed E-state index contributed by atoms with van der Waals surface area (Å²) in [5, 5.41) is 28.1. The monoisotopic (exact) mass is 1230 g/mol. The van der Waals surface area contributed by atoms with E-state index in [0.717, 1.165) is 108 Å². The maximum Gasteiger partial charge on any atom is 0.150 e. The molecule has 0 fully saturated rings. The molecule has 4 nitrogen and oxygen atoms in total. The van der Waals surface area contributed by atoms with Gasteiger partial charge in [-0.25, -0.2) is 0 Å². The van der Waals surface area contributed by atoms with Crippen LogP contribution in [0.5, 0.6) is 0 Å². The number of hydrogen-bond acceptors (Lipinski definition) is 4. The third-order valence-electron chi connectivity index (χ3n) is 15.1. The molecular formula is C68H36Br4O4. The Morgan fingerprint density at radius 1 is 0.184 bits per heavy atom. The third-order valence-corrected chi connectivity index (χ3v) is 17.9. The molecule has 0 radical (unpaired) electrons. The smallest absolute Gasteiger partial charge is 0.150 e. The Hall–Kier alpha value is -7.72. The second kappa shape index (κ2) is 19.1. The number of carbonyl (C=O) groups excluding carboxylic acids is 4. The van der Waals surface area contributed by atoms with Crippen LogP contribution in [-0.4, -0.2) is 25.1 Å². The van der Waals surface area contributed by atoms with E-state index in [9.17, 15) is 19.2 Å². The number of benzene rings is 16. The topological polar surface area (TPSA) is 68.3 Å². The fourth-order valence-electron chi connectivity index (χ4n) is 11.6. The minimum absolute atomic E-state index is 0.684. The molecule has 16 rings (SSSR count). The van der Waals surface area contributed by atoms with E-state index in [1.807, 2.05) is 84.9 Å². The van der Waals surface area contributed by atoms with Crippen molar-refractivity contribution in [2.24, 2.45) is 0 Å². The van der Waals surface area contributed by atoms with Gasteiger partial charge < -0.3 is 0 Å². The van der Waals surface area contributed by atoms with Gasteiger partial charge in [-0.2, -0.15) is 0 Å². The zero-order chi connectivity index (χ0) is 51.9. The molecule has 0 saturated heterocycles. The number of hydrogen-bond donors (Lipinski definition) is 0. The van der Waals surface area contributed by atoms with Crippen LogP contribution in [0.3, 0.4) is 0 Å². The molecule has 0 aliphatic carbocycles. The van der Waals surface area contributed by atoms with E-state index in [1.165, 1.54) is 64.6 Å². The first kappa shape index (κ1) is 48.0. The van der Waals surface area contributed by atoms with Gasteiger partial charge in [-0.15, -0.1) is 0 Å². The first-order valence-corrected chi connectivity index (χ1v) is 27.6. The van der Waals surface area contributed by atoms with Crippen molar-refractivity contribution in [2.75, 3.05) is 0 Å². The molecule has 360 valence electrons. The van der Waals surface area contributed by atoms with Crippen LogP contribution < -0.4 is 0 Å². The van der Waals surface area contributed by atoms with Gasteiger partial charge in [0, 0.05) is 40.1 Å². The summed E-state index contributed by atoms with van der Waals surface area (Å²) in [6.07, 6.45) is 3.53. The van der Waals surface area contributed by atoms with Crippen molar-refractivity contribution in [3.8, 4) is 0 Å². The van der Waals surface area contributed by atoms with Gasteiger partial charge in [0.1, 0.15) is 0 Å². The van der Waals surface area contributed by atoms with E-state index in [0.29, 0.717) is 22.3 Å². The Balaban J connectivity index is 0.0000000971. The summed E-state index contributed by atoms with van der Waals surface area (Å²) in [7, 11) is 0. The average Bonchev–Trinajstić information content (AvgIpc) is 3.54. The number of aldehydes is 4. The van der Waals surface area contributed by atoms with Gasteiger partial charge in [0.2, 0.25) is 0 Å². The molecule has 0 atom stereocenters. The molecule has 76 heavy (non-hydrogen) atoms. The molecule has 8 heteroatoms. The molecule has 0 heterocycles. The highest BCUT2D eigenvalue weighted by Gasteiger charge is 2.16. The van der Waals surface area contributed by atoms with Gasteiger partial charge >= 0.3 is 0 Å². The summed E-state index contributed by atoms with van der Waals surface area (Å²) in [5.74, 6) is 0. The predicted molar refractivity (Wildman–Crippen MR) is 333 cm³/mol. The van der Waals surface area contributed by atoms with Crippen LogP contribution in [0.1, 0.15) is 41.4 Å². The molecule has 0 bridgehead atoms. The minimum atomic E-state index is 0.684. The van der Waals surface area contributed by atoms with E-state index in [-0.39, 0.29) is 0 Å². The average molecular weight is 1240 g/mol. The lowest BCUT2D eigenvalue weighted by Crippen LogP contribution is -1.91. The van der Waals surface area contributed by atoms with Crippen LogP contribution >= 0.6 is 63.7 Å². The van der Waals surface area contributed by atoms with Crippen LogP contribution in [-0.2, 0) is 0 Å². The van der Waals surface area contributed by atoms with Crippen molar-refractivity contribution >= 4 is 218 Å². The molecule has 0 aliphatic heterocycles. The maximum absolute atomic E-state index is 11.2. The Labute approximate surface area is 467 Å². The lowest BCUT2D eigenvalue weighted by molar-refractivity contribution is 0.111. The molecule has 0 unspecified atom stereocenters. The number of rotatable bonds is 4. The second-order valence-corrected chi connectivity index (χ2v) is 22.4. The quantitative estimate of drug-likeness (QED) is 0.130. The summed E-state index contributed by atoms with van der Waals surface area (Å²) >= 11 is 14.6. The Morgan fingerprint density at radius 2 is 0.329 bits per heavy atom. The van der Waals surface area contributed by atoms with Crippen molar-refractivity contribution in [3.05, 3.63) is 234 Å². The van der Waals surface area contributed by atoms with Gasteiger partial charge in [0.15, 0.2) is 25.1 Å². The van der Waals surface area contributed by atoms with E-state index in [4.69, 9.17) is 0 Å². The SMILES string of the molecule is Brc1ccc2ccc3c(Br)ccc4ccc1c2c43.Brc1ccc2ccc3ccc(Br)c4ccc1c2c34.O=Cc1ccc2ccc3c(C=O)ccc4ccc1c2c43.O=Cc1ccc2ccc3ccc(C=O)c4ccc1c2c34. The maximum atomic E-state index is 11.2. The molecule has 16 aromatic carbocycles. The largest absolute Gasteiger partial charge is 0.298 e. The predicted octanol–water partition coefficient (Wildman–Crippen LogP) is 20.6. The fourth-order valence-corrected chi connectivity index (χ4v) is 13.4. The molecule has 0 N–H and O–H groups in total. The highest BCUT2D eigenvalue weighted by Crippen LogP contribution is 2.43. The van der Waals surface area contributed by atoms with Crippen LogP contribution in [0, 0.1) is 0 Å². The molecule has 0 spiro atoms. The van der Waals surface area contributed by atoms with Gasteiger partial charge in [-0.1, -0.05) is 234 Å². The minimum Gasteiger partial charge on any atom is -0.298 e. The molecule has 0 aromatic heterocycles. The highest BCUT2D eigenvalue weighted by molar-refractivity contribution is 9.11. The number of carbonyl (C=O) groups is 4. The van der Waals surface area contributed by atoms with Crippen LogP contribution in [0.2, 0.25) is 0 Å². The van der Waals surface area contributed by atoms with Crippen molar-refractivity contribution in [3.63, 3.8) is 0 Å². The normalized spacial score (nSPS) is 11.6.